The van der Waals surface area contributed by atoms with Crippen LogP contribution in [0.5, 0.6) is 11.5 Å². The number of rotatable bonds is 6. The number of ether oxygens (including phenoxy) is 2. The molecule has 4 amide bonds. The minimum Gasteiger partial charge on any atom is -0.493 e. The number of amides is 4. The molecule has 1 aliphatic heterocycles. The molecule has 1 saturated carbocycles. The molecule has 33 heavy (non-hydrogen) atoms. The van der Waals surface area contributed by atoms with Crippen molar-refractivity contribution in [1.29, 1.82) is 0 Å². The molecule has 1 aliphatic carbocycles. The van der Waals surface area contributed by atoms with E-state index in [1.807, 2.05) is 0 Å². The summed E-state index contributed by atoms with van der Waals surface area (Å²) in [6.45, 7) is 0.0631. The first kappa shape index (κ1) is 22.8. The number of carbonyl (C=O) groups excluding carboxylic acids is 3. The molecule has 172 valence electrons. The molecule has 2 aromatic rings. The summed E-state index contributed by atoms with van der Waals surface area (Å²) in [6.07, 6.45) is 4.67. The summed E-state index contributed by atoms with van der Waals surface area (Å²) in [5.74, 6) is -1.25. The molecule has 0 bridgehead atoms. The van der Waals surface area contributed by atoms with Gasteiger partial charge in [-0.05, 0) is 54.3 Å². The molecule has 2 aliphatic rings. The van der Waals surface area contributed by atoms with Crippen LogP contribution in [0.3, 0.4) is 0 Å². The first-order valence-corrected chi connectivity index (χ1v) is 10.9. The number of nitrogens with zero attached hydrogens (tertiary/aromatic N) is 1. The molecule has 1 saturated heterocycles. The largest absolute Gasteiger partial charge is 0.493 e. The van der Waals surface area contributed by atoms with Gasteiger partial charge >= 0.3 is 6.03 Å². The molecular weight excluding hydrogens is 451 g/mol. The molecule has 0 atom stereocenters. The Hall–Kier alpha value is -3.39. The van der Waals surface area contributed by atoms with Gasteiger partial charge in [0.15, 0.2) is 11.5 Å². The van der Waals surface area contributed by atoms with Gasteiger partial charge in [-0.25, -0.2) is 9.18 Å². The highest BCUT2D eigenvalue weighted by Crippen LogP contribution is 2.38. The van der Waals surface area contributed by atoms with Crippen LogP contribution in [-0.2, 0) is 16.2 Å². The summed E-state index contributed by atoms with van der Waals surface area (Å²) >= 11 is 6.40. The van der Waals surface area contributed by atoms with E-state index in [0.717, 1.165) is 30.6 Å². The van der Waals surface area contributed by atoms with Crippen molar-refractivity contribution in [3.63, 3.8) is 0 Å². The summed E-state index contributed by atoms with van der Waals surface area (Å²) in [7, 11) is 1.43. The van der Waals surface area contributed by atoms with Gasteiger partial charge in [-0.3, -0.25) is 19.8 Å². The Bertz CT molecular complexity index is 1140. The average Bonchev–Trinajstić information content (AvgIpc) is 3.29. The Kier molecular flexibility index (Phi) is 6.65. The SMILES string of the molecule is COc1cc(/C=C2\C(=O)NC(=O)N(C3CCCC3)C2=O)cc(Cl)c1OCc1cccc(F)c1. The van der Waals surface area contributed by atoms with Gasteiger partial charge in [-0.15, -0.1) is 0 Å². The highest BCUT2D eigenvalue weighted by atomic mass is 35.5. The van der Waals surface area contributed by atoms with Crippen molar-refractivity contribution in [2.75, 3.05) is 7.11 Å². The summed E-state index contributed by atoms with van der Waals surface area (Å²) in [6, 6.07) is 8.16. The lowest BCUT2D eigenvalue weighted by Crippen LogP contribution is -2.57. The lowest BCUT2D eigenvalue weighted by Gasteiger charge is -2.31. The van der Waals surface area contributed by atoms with E-state index in [0.29, 0.717) is 11.1 Å². The molecular formula is C24H22ClFN2O5. The number of methoxy groups -OCH3 is 1. The normalized spacial score (nSPS) is 18.1. The highest BCUT2D eigenvalue weighted by molar-refractivity contribution is 6.33. The second-order valence-electron chi connectivity index (χ2n) is 7.88. The molecule has 7 nitrogen and oxygen atoms in total. The number of urea groups is 1. The smallest absolute Gasteiger partial charge is 0.331 e. The maximum absolute atomic E-state index is 13.4. The monoisotopic (exact) mass is 472 g/mol. The Morgan fingerprint density at radius 3 is 2.64 bits per heavy atom. The van der Waals surface area contributed by atoms with Crippen molar-refractivity contribution in [3.8, 4) is 11.5 Å². The van der Waals surface area contributed by atoms with E-state index in [2.05, 4.69) is 5.32 Å². The van der Waals surface area contributed by atoms with Gasteiger partial charge in [0, 0.05) is 6.04 Å². The fraction of sp³-hybridized carbons (Fsp3) is 0.292. The maximum Gasteiger partial charge on any atom is 0.331 e. The first-order chi connectivity index (χ1) is 15.9. The topological polar surface area (TPSA) is 84.9 Å². The number of halogens is 2. The zero-order valence-electron chi connectivity index (χ0n) is 17.9. The van der Waals surface area contributed by atoms with Crippen LogP contribution in [-0.4, -0.2) is 35.9 Å². The van der Waals surface area contributed by atoms with Gasteiger partial charge in [0.1, 0.15) is 18.0 Å². The van der Waals surface area contributed by atoms with Crippen molar-refractivity contribution in [2.45, 2.75) is 38.3 Å². The Labute approximate surface area is 195 Å². The van der Waals surface area contributed by atoms with Crippen molar-refractivity contribution in [3.05, 3.63) is 63.9 Å². The molecule has 4 rings (SSSR count). The lowest BCUT2D eigenvalue weighted by molar-refractivity contribution is -0.131. The van der Waals surface area contributed by atoms with Crippen LogP contribution in [0.25, 0.3) is 6.08 Å². The summed E-state index contributed by atoms with van der Waals surface area (Å²) in [4.78, 5) is 38.8. The summed E-state index contributed by atoms with van der Waals surface area (Å²) < 4.78 is 24.5. The van der Waals surface area contributed by atoms with Crippen LogP contribution >= 0.6 is 11.6 Å². The Balaban J connectivity index is 1.60. The highest BCUT2D eigenvalue weighted by Gasteiger charge is 2.40. The van der Waals surface area contributed by atoms with E-state index < -0.39 is 17.8 Å². The molecule has 0 radical (unpaired) electrons. The van der Waals surface area contributed by atoms with Crippen molar-refractivity contribution in [2.24, 2.45) is 0 Å². The molecule has 0 spiro atoms. The van der Waals surface area contributed by atoms with E-state index in [1.54, 1.807) is 18.2 Å². The molecule has 2 fully saturated rings. The molecule has 1 heterocycles. The number of hydrogen-bond acceptors (Lipinski definition) is 5. The number of benzene rings is 2. The number of nitrogens with one attached hydrogen (secondary N) is 1. The van der Waals surface area contributed by atoms with Crippen LogP contribution in [0, 0.1) is 5.82 Å². The van der Waals surface area contributed by atoms with Gasteiger partial charge in [0.2, 0.25) is 0 Å². The predicted octanol–water partition coefficient (Wildman–Crippen LogP) is 4.47. The second kappa shape index (κ2) is 9.62. The van der Waals surface area contributed by atoms with Crippen LogP contribution in [0.4, 0.5) is 9.18 Å². The number of barbiturate groups is 1. The lowest BCUT2D eigenvalue weighted by atomic mass is 10.0. The van der Waals surface area contributed by atoms with Crippen LogP contribution in [0.2, 0.25) is 5.02 Å². The van der Waals surface area contributed by atoms with E-state index in [-0.39, 0.29) is 40.6 Å². The number of carbonyl (C=O) groups is 3. The van der Waals surface area contributed by atoms with Crippen molar-refractivity contribution >= 4 is 35.5 Å². The van der Waals surface area contributed by atoms with Crippen LogP contribution < -0.4 is 14.8 Å². The van der Waals surface area contributed by atoms with E-state index in [4.69, 9.17) is 21.1 Å². The zero-order chi connectivity index (χ0) is 23.5. The van der Waals surface area contributed by atoms with Gasteiger partial charge in [0.25, 0.3) is 11.8 Å². The van der Waals surface area contributed by atoms with Gasteiger partial charge in [0.05, 0.1) is 12.1 Å². The fourth-order valence-electron chi connectivity index (χ4n) is 4.08. The summed E-state index contributed by atoms with van der Waals surface area (Å²) in [5, 5.41) is 2.43. The standard InChI is InChI=1S/C24H22ClFN2O5/c1-32-20-12-15(11-19(25)21(20)33-13-14-5-4-6-16(26)9-14)10-18-22(29)27-24(31)28(23(18)30)17-7-2-3-8-17/h4-6,9-12,17H,2-3,7-8,13H2,1H3,(H,27,29,31)/b18-10+. The van der Waals surface area contributed by atoms with E-state index >= 15 is 0 Å². The third-order valence-corrected chi connectivity index (χ3v) is 5.94. The van der Waals surface area contributed by atoms with Gasteiger partial charge in [-0.2, -0.15) is 0 Å². The second-order valence-corrected chi connectivity index (χ2v) is 8.29. The quantitative estimate of drug-likeness (QED) is 0.495. The van der Waals surface area contributed by atoms with Crippen LogP contribution in [0.1, 0.15) is 36.8 Å². The van der Waals surface area contributed by atoms with E-state index in [9.17, 15) is 18.8 Å². The Morgan fingerprint density at radius 1 is 1.18 bits per heavy atom. The molecule has 0 unspecified atom stereocenters. The van der Waals surface area contributed by atoms with Crippen LogP contribution in [0.15, 0.2) is 42.0 Å². The maximum atomic E-state index is 13.4. The van der Waals surface area contributed by atoms with Gasteiger partial charge in [-0.1, -0.05) is 36.6 Å². The third-order valence-electron chi connectivity index (χ3n) is 5.66. The molecule has 1 N–H and O–H groups in total. The average molecular weight is 473 g/mol. The number of hydrogen-bond donors (Lipinski definition) is 1. The van der Waals surface area contributed by atoms with Crippen molar-refractivity contribution < 1.29 is 28.2 Å². The molecule has 0 aromatic heterocycles. The van der Waals surface area contributed by atoms with Crippen molar-refractivity contribution in [1.82, 2.24) is 10.2 Å². The predicted molar refractivity (Wildman–Crippen MR) is 119 cm³/mol. The molecule has 9 heteroatoms. The molecule has 2 aromatic carbocycles. The summed E-state index contributed by atoms with van der Waals surface area (Å²) in [5.41, 5.74) is 0.877. The van der Waals surface area contributed by atoms with E-state index in [1.165, 1.54) is 31.4 Å². The Morgan fingerprint density at radius 2 is 1.94 bits per heavy atom. The van der Waals surface area contributed by atoms with Gasteiger partial charge < -0.3 is 9.47 Å². The minimum atomic E-state index is -0.763. The number of imide groups is 2. The third kappa shape index (κ3) is 4.85. The first-order valence-electron chi connectivity index (χ1n) is 10.5. The minimum absolute atomic E-state index is 0.0631. The zero-order valence-corrected chi connectivity index (χ0v) is 18.7. The fourth-order valence-corrected chi connectivity index (χ4v) is 4.35.